The fourth-order valence-electron chi connectivity index (χ4n) is 4.19. The maximum Gasteiger partial charge on any atom is 0.169 e. The van der Waals surface area contributed by atoms with E-state index in [0.717, 1.165) is 46.8 Å². The van der Waals surface area contributed by atoms with Crippen LogP contribution >= 0.6 is 0 Å². The second-order valence-corrected chi connectivity index (χ2v) is 8.06. The highest BCUT2D eigenvalue weighted by atomic mass is 15.2. The third kappa shape index (κ3) is 2.93. The predicted octanol–water partition coefficient (Wildman–Crippen LogP) is 4.21. The van der Waals surface area contributed by atoms with Crippen LogP contribution in [0.4, 0.5) is 0 Å². The lowest BCUT2D eigenvalue weighted by molar-refractivity contribution is 0.253. The Balaban J connectivity index is 1.54. The quantitative estimate of drug-likeness (QED) is 0.465. The summed E-state index contributed by atoms with van der Waals surface area (Å²) in [6.45, 7) is 0. The minimum Gasteiger partial charge on any atom is -0.342 e. The largest absolute Gasteiger partial charge is 0.342 e. The molecule has 3 aromatic heterocycles. The van der Waals surface area contributed by atoms with Gasteiger partial charge < -0.3 is 10.7 Å². The second kappa shape index (κ2) is 6.85. The van der Waals surface area contributed by atoms with E-state index in [1.165, 1.54) is 12.0 Å². The summed E-state index contributed by atoms with van der Waals surface area (Å²) in [4.78, 5) is 21.6. The van der Waals surface area contributed by atoms with Gasteiger partial charge >= 0.3 is 0 Å². The zero-order valence-electron chi connectivity index (χ0n) is 16.9. The highest BCUT2D eigenvalue weighted by molar-refractivity contribution is 5.80. The van der Waals surface area contributed by atoms with Crippen molar-refractivity contribution in [2.24, 2.45) is 5.73 Å². The Morgan fingerprint density at radius 1 is 0.935 bits per heavy atom. The summed E-state index contributed by atoms with van der Waals surface area (Å²) in [7, 11) is 0. The fraction of sp³-hybridized carbons (Fsp3) is 0.167. The molecule has 0 spiro atoms. The van der Waals surface area contributed by atoms with Crippen molar-refractivity contribution in [3.05, 3.63) is 78.9 Å². The summed E-state index contributed by atoms with van der Waals surface area (Å²) in [6.07, 6.45) is 8.45. The predicted molar refractivity (Wildman–Crippen MR) is 119 cm³/mol. The zero-order valence-corrected chi connectivity index (χ0v) is 16.9. The molecular formula is C24H21N7. The lowest BCUT2D eigenvalue weighted by Gasteiger charge is -2.38. The molecule has 31 heavy (non-hydrogen) atoms. The molecule has 2 aromatic carbocycles. The van der Waals surface area contributed by atoms with Crippen molar-refractivity contribution in [1.82, 2.24) is 29.5 Å². The van der Waals surface area contributed by atoms with Gasteiger partial charge in [-0.15, -0.1) is 0 Å². The number of nitrogens with zero attached hydrogens (tertiary/aromatic N) is 5. The van der Waals surface area contributed by atoms with Crippen molar-refractivity contribution in [2.75, 3.05) is 0 Å². The van der Waals surface area contributed by atoms with Gasteiger partial charge in [0.2, 0.25) is 0 Å². The van der Waals surface area contributed by atoms with E-state index < -0.39 is 0 Å². The van der Waals surface area contributed by atoms with E-state index in [1.54, 1.807) is 18.7 Å². The van der Waals surface area contributed by atoms with Crippen molar-refractivity contribution in [3.8, 4) is 28.6 Å². The minimum absolute atomic E-state index is 0.190. The Morgan fingerprint density at radius 2 is 1.74 bits per heavy atom. The average molecular weight is 407 g/mol. The van der Waals surface area contributed by atoms with Crippen LogP contribution in [0, 0.1) is 0 Å². The molecule has 1 aliphatic carbocycles. The number of H-pyrrole nitrogens is 1. The summed E-state index contributed by atoms with van der Waals surface area (Å²) >= 11 is 0. The molecular weight excluding hydrogens is 386 g/mol. The van der Waals surface area contributed by atoms with E-state index in [0.29, 0.717) is 5.82 Å². The molecule has 1 fully saturated rings. The van der Waals surface area contributed by atoms with Crippen molar-refractivity contribution < 1.29 is 0 Å². The smallest absolute Gasteiger partial charge is 0.169 e. The summed E-state index contributed by atoms with van der Waals surface area (Å²) in [5, 5.41) is 0. The van der Waals surface area contributed by atoms with Gasteiger partial charge in [-0.25, -0.2) is 19.9 Å². The van der Waals surface area contributed by atoms with Gasteiger partial charge in [0.15, 0.2) is 17.3 Å². The van der Waals surface area contributed by atoms with Crippen LogP contribution in [0.2, 0.25) is 0 Å². The van der Waals surface area contributed by atoms with Crippen LogP contribution in [0.1, 0.15) is 24.8 Å². The molecule has 7 nitrogen and oxygen atoms in total. The van der Waals surface area contributed by atoms with Gasteiger partial charge in [0.05, 0.1) is 18.7 Å². The molecule has 1 saturated carbocycles. The third-order valence-corrected chi connectivity index (χ3v) is 6.12. The van der Waals surface area contributed by atoms with Crippen molar-refractivity contribution in [1.29, 1.82) is 0 Å². The second-order valence-electron chi connectivity index (χ2n) is 8.06. The van der Waals surface area contributed by atoms with E-state index >= 15 is 0 Å². The van der Waals surface area contributed by atoms with Crippen molar-refractivity contribution >= 4 is 11.2 Å². The number of rotatable bonds is 4. The Bertz CT molecular complexity index is 1350. The number of nitrogens with one attached hydrogen (secondary N) is 1. The normalized spacial score (nSPS) is 15.1. The monoisotopic (exact) mass is 407 g/mol. The molecule has 0 radical (unpaired) electrons. The number of nitrogens with two attached hydrogens (primary N) is 1. The van der Waals surface area contributed by atoms with Crippen LogP contribution in [-0.4, -0.2) is 29.5 Å². The van der Waals surface area contributed by atoms with Gasteiger partial charge in [-0.3, -0.25) is 4.57 Å². The van der Waals surface area contributed by atoms with Gasteiger partial charge in [-0.05, 0) is 37.0 Å². The molecule has 3 N–H and O–H groups in total. The van der Waals surface area contributed by atoms with Crippen LogP contribution in [0.5, 0.6) is 0 Å². The molecule has 0 bridgehead atoms. The molecule has 3 heterocycles. The van der Waals surface area contributed by atoms with Gasteiger partial charge in [-0.2, -0.15) is 0 Å². The van der Waals surface area contributed by atoms with Crippen LogP contribution in [-0.2, 0) is 5.54 Å². The van der Waals surface area contributed by atoms with E-state index in [2.05, 4.69) is 39.2 Å². The topological polar surface area (TPSA) is 98.3 Å². The standard InChI is InChI=1S/C24H21N7/c25-24(11-4-12-24)17-7-9-18(10-8-17)31-22(19-13-26-15-28-19)29-20-14-27-21(30-23(20)31)16-5-2-1-3-6-16/h1-3,5-10,13-15H,4,11-12,25H2,(H,26,28). The Labute approximate surface area is 179 Å². The molecule has 1 aliphatic rings. The lowest BCUT2D eigenvalue weighted by atomic mass is 9.73. The van der Waals surface area contributed by atoms with Gasteiger partial charge in [-0.1, -0.05) is 42.5 Å². The summed E-state index contributed by atoms with van der Waals surface area (Å²) in [5.41, 5.74) is 11.7. The van der Waals surface area contributed by atoms with Crippen LogP contribution < -0.4 is 5.73 Å². The molecule has 152 valence electrons. The Hall–Kier alpha value is -3.84. The van der Waals surface area contributed by atoms with E-state index in [-0.39, 0.29) is 5.54 Å². The molecule has 5 aromatic rings. The Kier molecular flexibility index (Phi) is 3.97. The Morgan fingerprint density at radius 3 is 2.42 bits per heavy atom. The number of benzene rings is 2. The van der Waals surface area contributed by atoms with Crippen LogP contribution in [0.15, 0.2) is 73.3 Å². The molecule has 0 saturated heterocycles. The molecule has 0 aliphatic heterocycles. The molecule has 6 rings (SSSR count). The van der Waals surface area contributed by atoms with Gasteiger partial charge in [0.1, 0.15) is 11.2 Å². The first-order chi connectivity index (χ1) is 15.2. The number of hydrogen-bond donors (Lipinski definition) is 2. The summed E-state index contributed by atoms with van der Waals surface area (Å²) < 4.78 is 2.05. The number of aromatic amines is 1. The number of hydrogen-bond acceptors (Lipinski definition) is 5. The number of aromatic nitrogens is 6. The first kappa shape index (κ1) is 18.0. The number of imidazole rings is 2. The van der Waals surface area contributed by atoms with Crippen molar-refractivity contribution in [2.45, 2.75) is 24.8 Å². The van der Waals surface area contributed by atoms with Crippen LogP contribution in [0.25, 0.3) is 39.8 Å². The fourth-order valence-corrected chi connectivity index (χ4v) is 4.19. The average Bonchev–Trinajstić information content (AvgIpc) is 3.45. The minimum atomic E-state index is -0.190. The van der Waals surface area contributed by atoms with Gasteiger partial charge in [0.25, 0.3) is 0 Å². The molecule has 7 heteroatoms. The highest BCUT2D eigenvalue weighted by Crippen LogP contribution is 2.39. The maximum absolute atomic E-state index is 6.52. The SMILES string of the molecule is NC1(c2ccc(-n3c(-c4cnc[nH]4)nc4cnc(-c5ccccc5)nc43)cc2)CCC1. The summed E-state index contributed by atoms with van der Waals surface area (Å²) in [5.74, 6) is 1.41. The van der Waals surface area contributed by atoms with E-state index in [4.69, 9.17) is 15.7 Å². The molecule has 0 amide bonds. The molecule has 0 atom stereocenters. The lowest BCUT2D eigenvalue weighted by Crippen LogP contribution is -2.43. The van der Waals surface area contributed by atoms with Gasteiger partial charge in [0, 0.05) is 16.8 Å². The number of fused-ring (bicyclic) bond motifs is 1. The first-order valence-corrected chi connectivity index (χ1v) is 10.4. The molecule has 0 unspecified atom stereocenters. The first-order valence-electron chi connectivity index (χ1n) is 10.4. The highest BCUT2D eigenvalue weighted by Gasteiger charge is 2.34. The summed E-state index contributed by atoms with van der Waals surface area (Å²) in [6, 6.07) is 18.4. The zero-order chi connectivity index (χ0) is 20.8. The van der Waals surface area contributed by atoms with Crippen molar-refractivity contribution in [3.63, 3.8) is 0 Å². The van der Waals surface area contributed by atoms with E-state index in [1.807, 2.05) is 34.9 Å². The van der Waals surface area contributed by atoms with E-state index in [9.17, 15) is 0 Å². The maximum atomic E-state index is 6.52. The third-order valence-electron chi connectivity index (χ3n) is 6.12. The van der Waals surface area contributed by atoms with Crippen LogP contribution in [0.3, 0.4) is 0 Å².